The van der Waals surface area contributed by atoms with Crippen molar-refractivity contribution in [2.45, 2.75) is 13.3 Å². The third-order valence-electron chi connectivity index (χ3n) is 3.55. The molecule has 1 fully saturated rings. The summed E-state index contributed by atoms with van der Waals surface area (Å²) < 4.78 is 0.750. The van der Waals surface area contributed by atoms with Crippen LogP contribution in [-0.2, 0) is 0 Å². The van der Waals surface area contributed by atoms with Gasteiger partial charge in [0.05, 0.1) is 5.02 Å². The lowest BCUT2D eigenvalue weighted by atomic mass is 10.1. The quantitative estimate of drug-likeness (QED) is 0.909. The summed E-state index contributed by atoms with van der Waals surface area (Å²) in [6.07, 6.45) is 1.17. The highest BCUT2D eigenvalue weighted by molar-refractivity contribution is 9.10. The van der Waals surface area contributed by atoms with Crippen LogP contribution >= 0.6 is 27.5 Å². The molecule has 1 unspecified atom stereocenters. The predicted octanol–water partition coefficient (Wildman–Crippen LogP) is 3.17. The Hall–Kier alpha value is -0.580. The summed E-state index contributed by atoms with van der Waals surface area (Å²) in [5.74, 6) is 0.534. The van der Waals surface area contributed by atoms with Crippen LogP contribution < -0.4 is 5.32 Å². The zero-order valence-electron chi connectivity index (χ0n) is 11.0. The Kier molecular flexibility index (Phi) is 5.25. The number of rotatable bonds is 4. The Labute approximate surface area is 127 Å². The van der Waals surface area contributed by atoms with Crippen LogP contribution in [0.2, 0.25) is 5.02 Å². The lowest BCUT2D eigenvalue weighted by molar-refractivity contribution is 0.0947. The van der Waals surface area contributed by atoms with E-state index in [1.165, 1.54) is 6.42 Å². The topological polar surface area (TPSA) is 32.3 Å². The van der Waals surface area contributed by atoms with Crippen molar-refractivity contribution in [3.05, 3.63) is 33.3 Å². The molecule has 0 saturated carbocycles. The fourth-order valence-electron chi connectivity index (χ4n) is 2.34. The number of benzene rings is 1. The molecule has 104 valence electrons. The van der Waals surface area contributed by atoms with E-state index in [0.29, 0.717) is 16.5 Å². The Morgan fingerprint density at radius 2 is 2.37 bits per heavy atom. The molecular weight excluding hydrogens is 328 g/mol. The molecule has 1 N–H and O–H groups in total. The SMILES string of the molecule is CCN1CCC(CNC(=O)c2ccc(Cl)c(Br)c2)C1. The number of nitrogens with one attached hydrogen (secondary N) is 1. The highest BCUT2D eigenvalue weighted by atomic mass is 79.9. The second kappa shape index (κ2) is 6.73. The molecule has 2 rings (SSSR count). The molecule has 1 aromatic carbocycles. The van der Waals surface area contributed by atoms with Crippen LogP contribution in [0.1, 0.15) is 23.7 Å². The normalized spacial score (nSPS) is 19.6. The van der Waals surface area contributed by atoms with Gasteiger partial charge in [-0.3, -0.25) is 4.79 Å². The van der Waals surface area contributed by atoms with E-state index < -0.39 is 0 Å². The molecule has 1 aliphatic heterocycles. The second-order valence-corrected chi connectivity index (χ2v) is 6.15. The number of nitrogens with zero attached hydrogens (tertiary/aromatic N) is 1. The Morgan fingerprint density at radius 1 is 1.58 bits per heavy atom. The van der Waals surface area contributed by atoms with Gasteiger partial charge in [0.1, 0.15) is 0 Å². The van der Waals surface area contributed by atoms with Gasteiger partial charge < -0.3 is 10.2 Å². The molecule has 0 aromatic heterocycles. The number of likely N-dealkylation sites (tertiary alicyclic amines) is 1. The predicted molar refractivity (Wildman–Crippen MR) is 81.7 cm³/mol. The number of carbonyl (C=O) groups is 1. The fourth-order valence-corrected chi connectivity index (χ4v) is 2.84. The van der Waals surface area contributed by atoms with Gasteiger partial charge >= 0.3 is 0 Å². The molecule has 19 heavy (non-hydrogen) atoms. The summed E-state index contributed by atoms with van der Waals surface area (Å²) in [5.41, 5.74) is 0.640. The van der Waals surface area contributed by atoms with Crippen LogP contribution in [0.15, 0.2) is 22.7 Å². The summed E-state index contributed by atoms with van der Waals surface area (Å²) in [6.45, 7) is 6.24. The maximum atomic E-state index is 12.0. The highest BCUT2D eigenvalue weighted by Crippen LogP contribution is 2.23. The van der Waals surface area contributed by atoms with Gasteiger partial charge in [0, 0.05) is 23.1 Å². The van der Waals surface area contributed by atoms with E-state index in [1.54, 1.807) is 18.2 Å². The first kappa shape index (κ1) is 14.8. The van der Waals surface area contributed by atoms with Crippen molar-refractivity contribution in [3.8, 4) is 0 Å². The van der Waals surface area contributed by atoms with Crippen molar-refractivity contribution in [2.75, 3.05) is 26.2 Å². The van der Waals surface area contributed by atoms with E-state index in [2.05, 4.69) is 33.1 Å². The first-order valence-electron chi connectivity index (χ1n) is 6.55. The average molecular weight is 346 g/mol. The van der Waals surface area contributed by atoms with Crippen molar-refractivity contribution < 1.29 is 4.79 Å². The smallest absolute Gasteiger partial charge is 0.251 e. The summed E-state index contributed by atoms with van der Waals surface area (Å²) >= 11 is 9.24. The molecule has 0 spiro atoms. The Bertz CT molecular complexity index is 467. The van der Waals surface area contributed by atoms with E-state index >= 15 is 0 Å². The van der Waals surface area contributed by atoms with E-state index in [-0.39, 0.29) is 5.91 Å². The van der Waals surface area contributed by atoms with Gasteiger partial charge in [-0.25, -0.2) is 0 Å². The third-order valence-corrected chi connectivity index (χ3v) is 4.76. The monoisotopic (exact) mass is 344 g/mol. The first-order valence-corrected chi connectivity index (χ1v) is 7.73. The molecule has 3 nitrogen and oxygen atoms in total. The second-order valence-electron chi connectivity index (χ2n) is 4.89. The van der Waals surface area contributed by atoms with Crippen molar-refractivity contribution in [1.29, 1.82) is 0 Å². The number of amides is 1. The number of halogens is 2. The van der Waals surface area contributed by atoms with Crippen LogP contribution in [-0.4, -0.2) is 37.0 Å². The van der Waals surface area contributed by atoms with E-state index in [0.717, 1.165) is 30.7 Å². The molecule has 1 heterocycles. The lowest BCUT2D eigenvalue weighted by Crippen LogP contribution is -2.31. The molecule has 1 amide bonds. The number of hydrogen-bond acceptors (Lipinski definition) is 2. The minimum atomic E-state index is -0.0349. The lowest BCUT2D eigenvalue weighted by Gasteiger charge is -2.14. The number of hydrogen-bond donors (Lipinski definition) is 1. The molecule has 1 aliphatic rings. The summed E-state index contributed by atoms with van der Waals surface area (Å²) in [6, 6.07) is 5.23. The average Bonchev–Trinajstić information content (AvgIpc) is 2.87. The maximum absolute atomic E-state index is 12.0. The summed E-state index contributed by atoms with van der Waals surface area (Å²) in [7, 11) is 0. The Morgan fingerprint density at radius 3 is 3.00 bits per heavy atom. The minimum absolute atomic E-state index is 0.0349. The van der Waals surface area contributed by atoms with Gasteiger partial charge in [-0.2, -0.15) is 0 Å². The summed E-state index contributed by atoms with van der Waals surface area (Å²) in [4.78, 5) is 14.4. The van der Waals surface area contributed by atoms with Gasteiger partial charge in [-0.05, 0) is 59.6 Å². The molecule has 0 aliphatic carbocycles. The molecule has 1 saturated heterocycles. The van der Waals surface area contributed by atoms with Crippen LogP contribution in [0.3, 0.4) is 0 Å². The van der Waals surface area contributed by atoms with Crippen LogP contribution in [0.5, 0.6) is 0 Å². The van der Waals surface area contributed by atoms with Crippen molar-refractivity contribution in [1.82, 2.24) is 10.2 Å². The zero-order chi connectivity index (χ0) is 13.8. The molecule has 0 radical (unpaired) electrons. The van der Waals surface area contributed by atoms with Crippen LogP contribution in [0.25, 0.3) is 0 Å². The minimum Gasteiger partial charge on any atom is -0.352 e. The molecule has 1 aromatic rings. The van der Waals surface area contributed by atoms with Crippen LogP contribution in [0, 0.1) is 5.92 Å². The van der Waals surface area contributed by atoms with Crippen molar-refractivity contribution in [2.24, 2.45) is 5.92 Å². The largest absolute Gasteiger partial charge is 0.352 e. The third kappa shape index (κ3) is 3.94. The molecule has 0 bridgehead atoms. The molecule has 5 heteroatoms. The Balaban J connectivity index is 1.86. The fraction of sp³-hybridized carbons (Fsp3) is 0.500. The van der Waals surface area contributed by atoms with Gasteiger partial charge in [0.25, 0.3) is 5.91 Å². The van der Waals surface area contributed by atoms with E-state index in [9.17, 15) is 4.79 Å². The van der Waals surface area contributed by atoms with Gasteiger partial charge in [-0.1, -0.05) is 18.5 Å². The van der Waals surface area contributed by atoms with E-state index in [4.69, 9.17) is 11.6 Å². The standard InChI is InChI=1S/C14H18BrClN2O/c1-2-18-6-5-10(9-18)8-17-14(19)11-3-4-13(16)12(15)7-11/h3-4,7,10H,2,5-6,8-9H2,1H3,(H,17,19). The first-order chi connectivity index (χ1) is 9.10. The summed E-state index contributed by atoms with van der Waals surface area (Å²) in [5, 5.41) is 3.62. The maximum Gasteiger partial charge on any atom is 0.251 e. The molecule has 1 atom stereocenters. The van der Waals surface area contributed by atoms with Crippen molar-refractivity contribution in [3.63, 3.8) is 0 Å². The van der Waals surface area contributed by atoms with E-state index in [1.807, 2.05) is 0 Å². The zero-order valence-corrected chi connectivity index (χ0v) is 13.3. The molecular formula is C14H18BrClN2O. The van der Waals surface area contributed by atoms with Gasteiger partial charge in [-0.15, -0.1) is 0 Å². The van der Waals surface area contributed by atoms with Gasteiger partial charge in [0.2, 0.25) is 0 Å². The van der Waals surface area contributed by atoms with Crippen LogP contribution in [0.4, 0.5) is 0 Å². The van der Waals surface area contributed by atoms with Crippen molar-refractivity contribution >= 4 is 33.4 Å². The number of carbonyl (C=O) groups excluding carboxylic acids is 1. The highest BCUT2D eigenvalue weighted by Gasteiger charge is 2.21. The van der Waals surface area contributed by atoms with Gasteiger partial charge in [0.15, 0.2) is 0 Å².